The summed E-state index contributed by atoms with van der Waals surface area (Å²) in [5, 5.41) is 15.4. The molecule has 4 N–H and O–H groups in total. The molecule has 0 aliphatic carbocycles. The van der Waals surface area contributed by atoms with Crippen LogP contribution in [-0.4, -0.2) is 21.4 Å². The van der Waals surface area contributed by atoms with E-state index in [1.807, 2.05) is 18.2 Å². The second-order valence-electron chi connectivity index (χ2n) is 11.8. The third kappa shape index (κ3) is 6.36. The standard InChI is InChI=1S/C38H43N5/c1-3-5-7-12-16-30-32-21-18-27(40-32)24-28-19-23-34(41-28)31(17-13-8-6-4-2)38-37(39)36(26-14-10-9-11-15-26)35(43-38)25-29-20-22-33(30)42-29/h9-11,14-15,18-25,39-41,43H,3-8,12-13,16-17H2,1-2H3. The molecule has 0 atom stereocenters. The van der Waals surface area contributed by atoms with E-state index in [4.69, 9.17) is 4.99 Å². The molecule has 8 bridgehead atoms. The summed E-state index contributed by atoms with van der Waals surface area (Å²) < 4.78 is 0. The van der Waals surface area contributed by atoms with Crippen LogP contribution in [0.4, 0.5) is 0 Å². The Labute approximate surface area is 255 Å². The molecule has 0 amide bonds. The van der Waals surface area contributed by atoms with Gasteiger partial charge < -0.3 is 15.3 Å². The molecular weight excluding hydrogens is 526 g/mol. The van der Waals surface area contributed by atoms with Gasteiger partial charge in [0.2, 0.25) is 0 Å². The fourth-order valence-electron chi connectivity index (χ4n) is 6.30. The Bertz CT molecular complexity index is 1770. The Morgan fingerprint density at radius 3 is 2.26 bits per heavy atom. The molecule has 0 unspecified atom stereocenters. The first-order chi connectivity index (χ1) is 21.1. The molecule has 220 valence electrons. The first kappa shape index (κ1) is 28.7. The van der Waals surface area contributed by atoms with Crippen LogP contribution < -0.4 is 16.0 Å². The lowest BCUT2D eigenvalue weighted by Gasteiger charge is -2.13. The molecule has 2 aromatic heterocycles. The predicted octanol–water partition coefficient (Wildman–Crippen LogP) is 7.92. The van der Waals surface area contributed by atoms with Crippen molar-refractivity contribution < 1.29 is 0 Å². The van der Waals surface area contributed by atoms with Gasteiger partial charge in [-0.05, 0) is 79.8 Å². The maximum atomic E-state index is 9.47. The van der Waals surface area contributed by atoms with E-state index in [1.54, 1.807) is 0 Å². The summed E-state index contributed by atoms with van der Waals surface area (Å²) in [6.45, 7) is 4.50. The van der Waals surface area contributed by atoms with Crippen molar-refractivity contribution in [3.8, 4) is 0 Å². The molecule has 6 rings (SSSR count). The van der Waals surface area contributed by atoms with Gasteiger partial charge in [-0.1, -0.05) is 82.7 Å². The van der Waals surface area contributed by atoms with Crippen molar-refractivity contribution in [3.63, 3.8) is 0 Å². The number of hydrogen-bond acceptors (Lipinski definition) is 3. The van der Waals surface area contributed by atoms with Gasteiger partial charge in [0.15, 0.2) is 0 Å². The predicted molar refractivity (Wildman–Crippen MR) is 181 cm³/mol. The second-order valence-corrected chi connectivity index (χ2v) is 11.8. The molecule has 5 heteroatoms. The molecule has 0 saturated carbocycles. The number of nitrogens with zero attached hydrogens (tertiary/aromatic N) is 1. The van der Waals surface area contributed by atoms with Gasteiger partial charge in [0.1, 0.15) is 0 Å². The van der Waals surface area contributed by atoms with Crippen molar-refractivity contribution >= 4 is 34.2 Å². The average molecular weight is 570 g/mol. The molecule has 3 aliphatic heterocycles. The van der Waals surface area contributed by atoms with Gasteiger partial charge >= 0.3 is 0 Å². The van der Waals surface area contributed by atoms with Crippen molar-refractivity contribution in [1.82, 2.24) is 15.3 Å². The highest BCUT2D eigenvalue weighted by Crippen LogP contribution is 2.35. The normalized spacial score (nSPS) is 16.0. The van der Waals surface area contributed by atoms with E-state index in [2.05, 4.69) is 89.8 Å². The van der Waals surface area contributed by atoms with E-state index >= 15 is 0 Å². The lowest BCUT2D eigenvalue weighted by Crippen LogP contribution is -2.17. The Morgan fingerprint density at radius 2 is 1.49 bits per heavy atom. The monoisotopic (exact) mass is 569 g/mol. The van der Waals surface area contributed by atoms with E-state index in [0.29, 0.717) is 5.71 Å². The molecule has 3 aliphatic rings. The molecule has 3 aromatic rings. The van der Waals surface area contributed by atoms with Crippen LogP contribution in [0.25, 0.3) is 22.8 Å². The van der Waals surface area contributed by atoms with Gasteiger partial charge in [-0.3, -0.25) is 5.41 Å². The third-order valence-corrected chi connectivity index (χ3v) is 8.60. The number of allylic oxidation sites excluding steroid dienone is 5. The SMILES string of the molecule is CCCCCCC1=C2NC(=C(c3ccccc3)C2=N)C=C2C=CC(=N2)C(CCCCCC)=c2ccc([nH]2)=Cc2ccc1[nH]2. The number of rotatable bonds is 11. The highest BCUT2D eigenvalue weighted by atomic mass is 15.0. The Hall–Kier alpha value is -4.38. The average Bonchev–Trinajstić information content (AvgIpc) is 3.83. The van der Waals surface area contributed by atoms with Crippen LogP contribution in [0.3, 0.4) is 0 Å². The van der Waals surface area contributed by atoms with Crippen LogP contribution in [0.1, 0.15) is 95.0 Å². The van der Waals surface area contributed by atoms with Crippen LogP contribution in [0.2, 0.25) is 0 Å². The molecule has 0 saturated heterocycles. The summed E-state index contributed by atoms with van der Waals surface area (Å²) in [5.74, 6) is 0. The van der Waals surface area contributed by atoms with E-state index < -0.39 is 0 Å². The Balaban J connectivity index is 1.52. The minimum absolute atomic E-state index is 0.538. The summed E-state index contributed by atoms with van der Waals surface area (Å²) in [4.78, 5) is 12.5. The maximum Gasteiger partial charge on any atom is 0.0877 e. The highest BCUT2D eigenvalue weighted by molar-refractivity contribution is 6.35. The van der Waals surface area contributed by atoms with E-state index in [0.717, 1.165) is 87.3 Å². The molecule has 5 nitrogen and oxygen atoms in total. The zero-order chi connectivity index (χ0) is 29.6. The van der Waals surface area contributed by atoms with E-state index in [1.165, 1.54) is 44.1 Å². The second kappa shape index (κ2) is 13.3. The Kier molecular flexibility index (Phi) is 8.88. The lowest BCUT2D eigenvalue weighted by atomic mass is 9.95. The largest absolute Gasteiger partial charge is 0.355 e. The van der Waals surface area contributed by atoms with Crippen molar-refractivity contribution in [2.45, 2.75) is 78.1 Å². The molecule has 5 heterocycles. The Morgan fingerprint density at radius 1 is 0.721 bits per heavy atom. The number of aliphatic imine (C=N–C) groups is 1. The maximum absolute atomic E-state index is 9.47. The number of aromatic amines is 2. The third-order valence-electron chi connectivity index (χ3n) is 8.60. The molecule has 0 radical (unpaired) electrons. The zero-order valence-corrected chi connectivity index (χ0v) is 25.5. The highest BCUT2D eigenvalue weighted by Gasteiger charge is 2.28. The van der Waals surface area contributed by atoms with Crippen LogP contribution in [0.15, 0.2) is 94.9 Å². The van der Waals surface area contributed by atoms with Gasteiger partial charge in [-0.15, -0.1) is 0 Å². The van der Waals surface area contributed by atoms with Crippen molar-refractivity contribution in [2.24, 2.45) is 4.99 Å². The number of nitrogens with one attached hydrogen (secondary N) is 4. The number of aromatic nitrogens is 2. The van der Waals surface area contributed by atoms with Gasteiger partial charge in [0.05, 0.1) is 28.5 Å². The summed E-state index contributed by atoms with van der Waals surface area (Å²) in [6.07, 6.45) is 20.0. The lowest BCUT2D eigenvalue weighted by molar-refractivity contribution is 0.677. The summed E-state index contributed by atoms with van der Waals surface area (Å²) in [5.41, 5.74) is 10.8. The van der Waals surface area contributed by atoms with Crippen molar-refractivity contribution in [3.05, 3.63) is 118 Å². The van der Waals surface area contributed by atoms with E-state index in [-0.39, 0.29) is 0 Å². The minimum atomic E-state index is 0.538. The van der Waals surface area contributed by atoms with E-state index in [9.17, 15) is 5.41 Å². The van der Waals surface area contributed by atoms with Gasteiger partial charge in [0.25, 0.3) is 0 Å². The number of H-pyrrole nitrogens is 2. The molecule has 1 aromatic carbocycles. The van der Waals surface area contributed by atoms with Gasteiger partial charge in [-0.2, -0.15) is 0 Å². The first-order valence-electron chi connectivity index (χ1n) is 16.1. The fraction of sp³-hybridized carbons (Fsp3) is 0.316. The van der Waals surface area contributed by atoms with Gasteiger partial charge in [-0.25, -0.2) is 4.99 Å². The van der Waals surface area contributed by atoms with Crippen LogP contribution in [0, 0.1) is 5.41 Å². The first-order valence-corrected chi connectivity index (χ1v) is 16.1. The van der Waals surface area contributed by atoms with Gasteiger partial charge in [0, 0.05) is 38.8 Å². The van der Waals surface area contributed by atoms with Crippen LogP contribution in [0.5, 0.6) is 0 Å². The zero-order valence-electron chi connectivity index (χ0n) is 25.5. The van der Waals surface area contributed by atoms with Crippen LogP contribution in [-0.2, 0) is 0 Å². The molecule has 0 spiro atoms. The quantitative estimate of drug-likeness (QED) is 0.174. The molecule has 43 heavy (non-hydrogen) atoms. The summed E-state index contributed by atoms with van der Waals surface area (Å²) >= 11 is 0. The molecular formula is C38H43N5. The summed E-state index contributed by atoms with van der Waals surface area (Å²) in [7, 11) is 0. The smallest absolute Gasteiger partial charge is 0.0877 e. The summed E-state index contributed by atoms with van der Waals surface area (Å²) in [6, 6.07) is 19.0. The van der Waals surface area contributed by atoms with Crippen molar-refractivity contribution in [1.29, 1.82) is 5.41 Å². The minimum Gasteiger partial charge on any atom is -0.355 e. The number of benzene rings is 1. The topological polar surface area (TPSA) is 79.8 Å². The fourth-order valence-corrected chi connectivity index (χ4v) is 6.30. The van der Waals surface area contributed by atoms with Crippen molar-refractivity contribution in [2.75, 3.05) is 0 Å². The number of hydrogen-bond donors (Lipinski definition) is 4. The number of fused-ring (bicyclic) bond motifs is 7. The van der Waals surface area contributed by atoms with Crippen LogP contribution >= 0.6 is 0 Å². The number of unbranched alkanes of at least 4 members (excludes halogenated alkanes) is 6. The molecule has 0 fully saturated rings.